The SMILES string of the molecule is CCc1cc(C(C)c2ccccc2)n[nH]1. The highest BCUT2D eigenvalue weighted by Crippen LogP contribution is 2.22. The Bertz CT molecular complexity index is 417. The maximum atomic E-state index is 4.34. The number of nitrogens with one attached hydrogen (secondary N) is 1. The molecular weight excluding hydrogens is 184 g/mol. The Balaban J connectivity index is 2.24. The lowest BCUT2D eigenvalue weighted by Gasteiger charge is -2.07. The fraction of sp³-hybridized carbons (Fsp3) is 0.308. The zero-order valence-corrected chi connectivity index (χ0v) is 9.20. The average molecular weight is 200 g/mol. The van der Waals surface area contributed by atoms with Crippen LogP contribution in [0.4, 0.5) is 0 Å². The number of aromatic nitrogens is 2. The van der Waals surface area contributed by atoms with Crippen LogP contribution >= 0.6 is 0 Å². The molecule has 0 bridgehead atoms. The predicted molar refractivity (Wildman–Crippen MR) is 61.9 cm³/mol. The minimum Gasteiger partial charge on any atom is -0.282 e. The van der Waals surface area contributed by atoms with Gasteiger partial charge in [0.15, 0.2) is 0 Å². The Labute approximate surface area is 90.3 Å². The number of rotatable bonds is 3. The smallest absolute Gasteiger partial charge is 0.0696 e. The van der Waals surface area contributed by atoms with E-state index in [1.54, 1.807) is 0 Å². The quantitative estimate of drug-likeness (QED) is 0.810. The topological polar surface area (TPSA) is 28.7 Å². The number of aromatic amines is 1. The van der Waals surface area contributed by atoms with Crippen LogP contribution in [0.5, 0.6) is 0 Å². The third-order valence-electron chi connectivity index (χ3n) is 2.77. The summed E-state index contributed by atoms with van der Waals surface area (Å²) in [5, 5.41) is 7.39. The van der Waals surface area contributed by atoms with Crippen LogP contribution in [0.3, 0.4) is 0 Å². The van der Waals surface area contributed by atoms with Crippen molar-refractivity contribution in [1.29, 1.82) is 0 Å². The standard InChI is InChI=1S/C13H16N2/c1-3-12-9-13(15-14-12)10(2)11-7-5-4-6-8-11/h4-10H,3H2,1-2H3,(H,14,15). The molecule has 1 atom stereocenters. The molecule has 0 spiro atoms. The van der Waals surface area contributed by atoms with Crippen LogP contribution < -0.4 is 0 Å². The first-order valence-corrected chi connectivity index (χ1v) is 5.40. The fourth-order valence-electron chi connectivity index (χ4n) is 1.69. The summed E-state index contributed by atoms with van der Waals surface area (Å²) in [6, 6.07) is 12.6. The maximum absolute atomic E-state index is 4.34. The van der Waals surface area contributed by atoms with E-state index in [2.05, 4.69) is 54.4 Å². The van der Waals surface area contributed by atoms with Crippen molar-refractivity contribution in [2.45, 2.75) is 26.2 Å². The summed E-state index contributed by atoms with van der Waals surface area (Å²) in [5.74, 6) is 0.364. The Hall–Kier alpha value is -1.57. The largest absolute Gasteiger partial charge is 0.282 e. The molecule has 1 N–H and O–H groups in total. The summed E-state index contributed by atoms with van der Waals surface area (Å²) < 4.78 is 0. The van der Waals surface area contributed by atoms with Gasteiger partial charge < -0.3 is 0 Å². The molecule has 0 saturated carbocycles. The van der Waals surface area contributed by atoms with E-state index in [0.717, 1.165) is 12.1 Å². The third-order valence-corrected chi connectivity index (χ3v) is 2.77. The van der Waals surface area contributed by atoms with Gasteiger partial charge in [-0.1, -0.05) is 44.2 Å². The monoisotopic (exact) mass is 200 g/mol. The van der Waals surface area contributed by atoms with Gasteiger partial charge in [0.1, 0.15) is 0 Å². The third kappa shape index (κ3) is 2.09. The van der Waals surface area contributed by atoms with Gasteiger partial charge in [0.05, 0.1) is 5.69 Å². The van der Waals surface area contributed by atoms with Crippen LogP contribution in [0.25, 0.3) is 0 Å². The lowest BCUT2D eigenvalue weighted by Crippen LogP contribution is -1.95. The van der Waals surface area contributed by atoms with E-state index in [1.807, 2.05) is 6.07 Å². The van der Waals surface area contributed by atoms with Crippen LogP contribution in [0.1, 0.15) is 36.7 Å². The number of H-pyrrole nitrogens is 1. The van der Waals surface area contributed by atoms with Gasteiger partial charge in [0.25, 0.3) is 0 Å². The molecule has 15 heavy (non-hydrogen) atoms. The molecule has 78 valence electrons. The molecule has 0 saturated heterocycles. The van der Waals surface area contributed by atoms with Crippen molar-refractivity contribution in [1.82, 2.24) is 10.2 Å². The lowest BCUT2D eigenvalue weighted by molar-refractivity contribution is 0.849. The first kappa shape index (κ1) is 9.97. The van der Waals surface area contributed by atoms with Crippen molar-refractivity contribution in [3.63, 3.8) is 0 Å². The molecular formula is C13H16N2. The second-order valence-corrected chi connectivity index (χ2v) is 3.80. The molecule has 0 amide bonds. The van der Waals surface area contributed by atoms with Crippen LogP contribution in [-0.2, 0) is 6.42 Å². The number of benzene rings is 1. The van der Waals surface area contributed by atoms with Gasteiger partial charge in [-0.05, 0) is 18.1 Å². The van der Waals surface area contributed by atoms with E-state index >= 15 is 0 Å². The molecule has 0 aliphatic heterocycles. The van der Waals surface area contributed by atoms with Crippen molar-refractivity contribution in [3.05, 3.63) is 53.3 Å². The first-order chi connectivity index (χ1) is 7.31. The summed E-state index contributed by atoms with van der Waals surface area (Å²) in [6.45, 7) is 4.31. The Kier molecular flexibility index (Phi) is 2.86. The molecule has 1 aromatic carbocycles. The molecule has 2 nitrogen and oxygen atoms in total. The van der Waals surface area contributed by atoms with Crippen molar-refractivity contribution in [2.24, 2.45) is 0 Å². The van der Waals surface area contributed by atoms with Crippen LogP contribution in [0.15, 0.2) is 36.4 Å². The van der Waals surface area contributed by atoms with Gasteiger partial charge in [-0.15, -0.1) is 0 Å². The number of aryl methyl sites for hydroxylation is 1. The Morgan fingerprint density at radius 2 is 2.00 bits per heavy atom. The Morgan fingerprint density at radius 1 is 1.27 bits per heavy atom. The first-order valence-electron chi connectivity index (χ1n) is 5.40. The van der Waals surface area contributed by atoms with Gasteiger partial charge in [-0.3, -0.25) is 5.10 Å². The Morgan fingerprint density at radius 3 is 2.60 bits per heavy atom. The van der Waals surface area contributed by atoms with E-state index in [-0.39, 0.29) is 0 Å². The van der Waals surface area contributed by atoms with Gasteiger partial charge in [0.2, 0.25) is 0 Å². The van der Waals surface area contributed by atoms with E-state index in [0.29, 0.717) is 5.92 Å². The zero-order valence-electron chi connectivity index (χ0n) is 9.20. The highest BCUT2D eigenvalue weighted by molar-refractivity contribution is 5.27. The van der Waals surface area contributed by atoms with E-state index in [9.17, 15) is 0 Å². The van der Waals surface area contributed by atoms with Crippen LogP contribution in [0, 0.1) is 0 Å². The minimum absolute atomic E-state index is 0.364. The molecule has 1 heterocycles. The molecule has 0 fully saturated rings. The predicted octanol–water partition coefficient (Wildman–Crippen LogP) is 3.12. The summed E-state index contributed by atoms with van der Waals surface area (Å²) in [7, 11) is 0. The summed E-state index contributed by atoms with van der Waals surface area (Å²) in [4.78, 5) is 0. The fourth-order valence-corrected chi connectivity index (χ4v) is 1.69. The molecule has 1 unspecified atom stereocenters. The molecule has 2 rings (SSSR count). The van der Waals surface area contributed by atoms with Crippen LogP contribution in [-0.4, -0.2) is 10.2 Å². The molecule has 1 aromatic heterocycles. The van der Waals surface area contributed by atoms with Crippen molar-refractivity contribution in [2.75, 3.05) is 0 Å². The second kappa shape index (κ2) is 4.30. The molecule has 0 aliphatic carbocycles. The van der Waals surface area contributed by atoms with Gasteiger partial charge >= 0.3 is 0 Å². The maximum Gasteiger partial charge on any atom is 0.0696 e. The highest BCUT2D eigenvalue weighted by atomic mass is 15.1. The van der Waals surface area contributed by atoms with E-state index in [4.69, 9.17) is 0 Å². The summed E-state index contributed by atoms with van der Waals surface area (Å²) >= 11 is 0. The minimum atomic E-state index is 0.364. The number of hydrogen-bond donors (Lipinski definition) is 1. The van der Waals surface area contributed by atoms with Crippen molar-refractivity contribution < 1.29 is 0 Å². The lowest BCUT2D eigenvalue weighted by atomic mass is 9.98. The van der Waals surface area contributed by atoms with E-state index < -0.39 is 0 Å². The number of nitrogens with zero attached hydrogens (tertiary/aromatic N) is 1. The van der Waals surface area contributed by atoms with Gasteiger partial charge in [0, 0.05) is 11.6 Å². The average Bonchev–Trinajstić information content (AvgIpc) is 2.78. The van der Waals surface area contributed by atoms with Crippen molar-refractivity contribution >= 4 is 0 Å². The molecule has 2 aromatic rings. The summed E-state index contributed by atoms with van der Waals surface area (Å²) in [5.41, 5.74) is 3.64. The molecule has 2 heteroatoms. The van der Waals surface area contributed by atoms with E-state index in [1.165, 1.54) is 11.3 Å². The highest BCUT2D eigenvalue weighted by Gasteiger charge is 2.10. The second-order valence-electron chi connectivity index (χ2n) is 3.80. The van der Waals surface area contributed by atoms with Gasteiger partial charge in [-0.25, -0.2) is 0 Å². The van der Waals surface area contributed by atoms with Crippen molar-refractivity contribution in [3.8, 4) is 0 Å². The molecule has 0 aliphatic rings. The zero-order chi connectivity index (χ0) is 10.7. The molecule has 0 radical (unpaired) electrons. The normalized spacial score (nSPS) is 12.7. The van der Waals surface area contributed by atoms with Crippen LogP contribution in [0.2, 0.25) is 0 Å². The van der Waals surface area contributed by atoms with Gasteiger partial charge in [-0.2, -0.15) is 5.10 Å². The summed E-state index contributed by atoms with van der Waals surface area (Å²) in [6.07, 6.45) is 1.01. The number of hydrogen-bond acceptors (Lipinski definition) is 1.